The van der Waals surface area contributed by atoms with Crippen LogP contribution in [-0.2, 0) is 5.41 Å². The topological polar surface area (TPSA) is 36.8 Å². The number of hydrogen-bond acceptors (Lipinski definition) is 3. The standard InChI is InChI=1S/C42H33N3/c1-42(2)37-22-10-9-21-35(37)36-24-23-33(27-38(36)42)31-18-11-17-30(25-31)32-19-12-20-34(26-32)41-44-39(28-13-5-3-6-14-28)43-40(45-41)29-15-7-4-8-16-29/h3-27,39H,1-2H3,(H,43,44,45). The number of hydrogen-bond donors (Lipinski definition) is 1. The van der Waals surface area contributed by atoms with Crippen molar-refractivity contribution in [3.05, 3.63) is 179 Å². The minimum atomic E-state index is -0.226. The molecule has 45 heavy (non-hydrogen) atoms. The maximum absolute atomic E-state index is 5.08. The van der Waals surface area contributed by atoms with Crippen LogP contribution < -0.4 is 5.32 Å². The summed E-state index contributed by atoms with van der Waals surface area (Å²) < 4.78 is 0. The lowest BCUT2D eigenvalue weighted by Crippen LogP contribution is -2.33. The van der Waals surface area contributed by atoms with E-state index >= 15 is 0 Å². The Bertz CT molecular complexity index is 2110. The smallest absolute Gasteiger partial charge is 0.159 e. The zero-order chi connectivity index (χ0) is 30.4. The Balaban J connectivity index is 1.16. The highest BCUT2D eigenvalue weighted by atomic mass is 15.2. The predicted octanol–water partition coefficient (Wildman–Crippen LogP) is 9.82. The minimum Gasteiger partial charge on any atom is -0.344 e. The van der Waals surface area contributed by atoms with E-state index in [0.717, 1.165) is 33.9 Å². The molecule has 0 fully saturated rings. The van der Waals surface area contributed by atoms with E-state index in [1.54, 1.807) is 0 Å². The molecule has 0 spiro atoms. The Hall–Kier alpha value is -5.54. The molecule has 3 heteroatoms. The van der Waals surface area contributed by atoms with Crippen LogP contribution >= 0.6 is 0 Å². The van der Waals surface area contributed by atoms with E-state index in [0.29, 0.717) is 0 Å². The van der Waals surface area contributed by atoms with Gasteiger partial charge in [-0.05, 0) is 68.3 Å². The van der Waals surface area contributed by atoms with Gasteiger partial charge in [0.25, 0.3) is 0 Å². The second kappa shape index (κ2) is 10.9. The predicted molar refractivity (Wildman–Crippen MR) is 187 cm³/mol. The van der Waals surface area contributed by atoms with E-state index < -0.39 is 0 Å². The highest BCUT2D eigenvalue weighted by molar-refractivity contribution is 6.13. The SMILES string of the molecule is CC1(C)c2ccccc2-c2ccc(-c3cccc(-c4cccc(C5=NC(c6ccccc6)NC(c6ccccc6)=N5)c4)c3)cc21. The van der Waals surface area contributed by atoms with Gasteiger partial charge in [0.15, 0.2) is 5.84 Å². The molecule has 1 aliphatic carbocycles. The molecule has 1 N–H and O–H groups in total. The summed E-state index contributed by atoms with van der Waals surface area (Å²) in [5.41, 5.74) is 13.3. The van der Waals surface area contributed by atoms with Crippen LogP contribution in [0.2, 0.25) is 0 Å². The van der Waals surface area contributed by atoms with Gasteiger partial charge in [0, 0.05) is 16.5 Å². The Kier molecular flexibility index (Phi) is 6.53. The molecule has 8 rings (SSSR count). The van der Waals surface area contributed by atoms with Crippen LogP contribution in [0.25, 0.3) is 33.4 Å². The number of rotatable bonds is 5. The van der Waals surface area contributed by atoms with E-state index in [9.17, 15) is 0 Å². The molecule has 1 unspecified atom stereocenters. The van der Waals surface area contributed by atoms with Gasteiger partial charge in [0.05, 0.1) is 0 Å². The number of nitrogens with zero attached hydrogens (tertiary/aromatic N) is 2. The van der Waals surface area contributed by atoms with E-state index in [4.69, 9.17) is 9.98 Å². The minimum absolute atomic E-state index is 0.0276. The number of aliphatic imine (C=N–C) groups is 2. The highest BCUT2D eigenvalue weighted by Crippen LogP contribution is 2.49. The van der Waals surface area contributed by atoms with Crippen molar-refractivity contribution >= 4 is 11.7 Å². The molecule has 0 bridgehead atoms. The summed E-state index contributed by atoms with van der Waals surface area (Å²) in [7, 11) is 0. The van der Waals surface area contributed by atoms with E-state index in [-0.39, 0.29) is 11.6 Å². The molecule has 3 nitrogen and oxygen atoms in total. The van der Waals surface area contributed by atoms with E-state index in [1.165, 1.54) is 38.9 Å². The molecule has 0 radical (unpaired) electrons. The Labute approximate surface area is 264 Å². The molecular weight excluding hydrogens is 546 g/mol. The number of amidine groups is 2. The normalized spacial score (nSPS) is 16.2. The number of benzene rings is 6. The third kappa shape index (κ3) is 4.87. The molecular formula is C42H33N3. The second-order valence-electron chi connectivity index (χ2n) is 12.3. The molecule has 0 saturated heterocycles. The molecule has 0 saturated carbocycles. The van der Waals surface area contributed by atoms with Crippen molar-refractivity contribution in [2.75, 3.05) is 0 Å². The molecule has 1 aliphatic heterocycles. The van der Waals surface area contributed by atoms with Gasteiger partial charge in [-0.15, -0.1) is 0 Å². The van der Waals surface area contributed by atoms with Crippen molar-refractivity contribution in [3.8, 4) is 33.4 Å². The van der Waals surface area contributed by atoms with E-state index in [1.807, 2.05) is 24.3 Å². The maximum Gasteiger partial charge on any atom is 0.159 e. The fourth-order valence-electron chi connectivity index (χ4n) is 6.73. The summed E-state index contributed by atoms with van der Waals surface area (Å²) >= 11 is 0. The van der Waals surface area contributed by atoms with Crippen LogP contribution in [0.4, 0.5) is 0 Å². The third-order valence-corrected chi connectivity index (χ3v) is 9.14. The van der Waals surface area contributed by atoms with Crippen LogP contribution in [0.5, 0.6) is 0 Å². The first-order chi connectivity index (χ1) is 22.0. The Morgan fingerprint density at radius 1 is 0.489 bits per heavy atom. The van der Waals surface area contributed by atoms with Crippen molar-refractivity contribution in [1.29, 1.82) is 0 Å². The summed E-state index contributed by atoms with van der Waals surface area (Å²) in [4.78, 5) is 10.1. The van der Waals surface area contributed by atoms with Crippen molar-refractivity contribution in [3.63, 3.8) is 0 Å². The largest absolute Gasteiger partial charge is 0.344 e. The van der Waals surface area contributed by atoms with Gasteiger partial charge in [-0.25, -0.2) is 9.98 Å². The van der Waals surface area contributed by atoms with Gasteiger partial charge in [-0.1, -0.05) is 147 Å². The van der Waals surface area contributed by atoms with Crippen LogP contribution in [0, 0.1) is 0 Å². The molecule has 1 heterocycles. The van der Waals surface area contributed by atoms with Gasteiger partial charge < -0.3 is 5.32 Å². The molecule has 1 atom stereocenters. The van der Waals surface area contributed by atoms with E-state index in [2.05, 4.69) is 147 Å². The zero-order valence-electron chi connectivity index (χ0n) is 25.4. The van der Waals surface area contributed by atoms with Gasteiger partial charge in [-0.3, -0.25) is 0 Å². The van der Waals surface area contributed by atoms with Crippen LogP contribution in [-0.4, -0.2) is 11.7 Å². The van der Waals surface area contributed by atoms with Crippen LogP contribution in [0.3, 0.4) is 0 Å². The monoisotopic (exact) mass is 579 g/mol. The summed E-state index contributed by atoms with van der Waals surface area (Å²) in [5.74, 6) is 1.54. The lowest BCUT2D eigenvalue weighted by Gasteiger charge is -2.23. The Morgan fingerprint density at radius 3 is 1.78 bits per heavy atom. The third-order valence-electron chi connectivity index (χ3n) is 9.14. The zero-order valence-corrected chi connectivity index (χ0v) is 25.4. The highest BCUT2D eigenvalue weighted by Gasteiger charge is 2.35. The first-order valence-electron chi connectivity index (χ1n) is 15.5. The first kappa shape index (κ1) is 27.0. The van der Waals surface area contributed by atoms with Crippen molar-refractivity contribution in [2.45, 2.75) is 25.4 Å². The average Bonchev–Trinajstić information content (AvgIpc) is 3.34. The fourth-order valence-corrected chi connectivity index (χ4v) is 6.73. The Morgan fingerprint density at radius 2 is 1.04 bits per heavy atom. The summed E-state index contributed by atoms with van der Waals surface area (Å²) in [5, 5.41) is 3.55. The molecule has 6 aromatic carbocycles. The van der Waals surface area contributed by atoms with Crippen LogP contribution in [0.15, 0.2) is 162 Å². The molecule has 6 aromatic rings. The second-order valence-corrected chi connectivity index (χ2v) is 12.3. The molecule has 0 amide bonds. The van der Waals surface area contributed by atoms with Gasteiger partial charge >= 0.3 is 0 Å². The molecule has 0 aromatic heterocycles. The quantitative estimate of drug-likeness (QED) is 0.217. The number of nitrogens with one attached hydrogen (secondary N) is 1. The van der Waals surface area contributed by atoms with Gasteiger partial charge in [0.1, 0.15) is 12.0 Å². The van der Waals surface area contributed by atoms with Crippen molar-refractivity contribution < 1.29 is 0 Å². The van der Waals surface area contributed by atoms with Crippen LogP contribution in [0.1, 0.15) is 47.8 Å². The molecule has 2 aliphatic rings. The lowest BCUT2D eigenvalue weighted by molar-refractivity contribution is 0.660. The van der Waals surface area contributed by atoms with Gasteiger partial charge in [0.2, 0.25) is 0 Å². The fraction of sp³-hybridized carbons (Fsp3) is 0.0952. The summed E-state index contributed by atoms with van der Waals surface area (Å²) in [6.45, 7) is 4.67. The lowest BCUT2D eigenvalue weighted by atomic mass is 9.81. The van der Waals surface area contributed by atoms with Gasteiger partial charge in [-0.2, -0.15) is 0 Å². The summed E-state index contributed by atoms with van der Waals surface area (Å²) in [6.07, 6.45) is -0.226. The molecule has 216 valence electrons. The first-order valence-corrected chi connectivity index (χ1v) is 15.5. The number of fused-ring (bicyclic) bond motifs is 3. The van der Waals surface area contributed by atoms with Crippen molar-refractivity contribution in [2.24, 2.45) is 9.98 Å². The summed E-state index contributed by atoms with van der Waals surface area (Å²) in [6, 6.07) is 53.8. The van der Waals surface area contributed by atoms with Crippen molar-refractivity contribution in [1.82, 2.24) is 5.32 Å². The maximum atomic E-state index is 5.08. The average molecular weight is 580 g/mol.